The number of hydrogen-bond donors (Lipinski definition) is 0. The molecule has 1 fully saturated rings. The van der Waals surface area contributed by atoms with Crippen LogP contribution in [0.25, 0.3) is 16.7 Å². The largest absolute Gasteiger partial charge is 0.465 e. The molecule has 0 N–H and O–H groups in total. The lowest BCUT2D eigenvalue weighted by molar-refractivity contribution is -0.143. The molecule has 1 aliphatic carbocycles. The molecule has 2 aliphatic rings. The number of methoxy groups -OCH3 is 1. The van der Waals surface area contributed by atoms with Gasteiger partial charge in [0, 0.05) is 12.1 Å². The molecule has 3 aromatic carbocycles. The number of alkyl halides is 9. The maximum atomic E-state index is 15.2. The summed E-state index contributed by atoms with van der Waals surface area (Å²) in [4.78, 5) is 26.2. The number of hydrogen-bond acceptors (Lipinski definition) is 4. The van der Waals surface area contributed by atoms with Crippen LogP contribution in [0.1, 0.15) is 84.3 Å². The Morgan fingerprint density at radius 3 is 1.98 bits per heavy atom. The fraction of sp³-hybridized carbons (Fsp3) is 0.389. The first-order valence-corrected chi connectivity index (χ1v) is 15.6. The number of rotatable bonds is 6. The molecule has 1 heterocycles. The van der Waals surface area contributed by atoms with E-state index in [1.165, 1.54) is 19.1 Å². The third-order valence-corrected chi connectivity index (χ3v) is 9.17. The molecule has 2 atom stereocenters. The third kappa shape index (κ3) is 8.01. The Labute approximate surface area is 285 Å². The molecule has 1 amide bonds. The van der Waals surface area contributed by atoms with Gasteiger partial charge in [0.15, 0.2) is 0 Å². The normalized spacial score (nSPS) is 19.7. The number of carbonyl (C=O) groups is 2. The van der Waals surface area contributed by atoms with Crippen molar-refractivity contribution in [1.29, 1.82) is 0 Å². The van der Waals surface area contributed by atoms with Crippen molar-refractivity contribution in [3.05, 3.63) is 99.4 Å². The molecule has 0 aromatic heterocycles. The standard InChI is InChI=1S/C36H31F10NO4/c1-18-30(22-12-25(35(41,42)43)15-26(13-22)36(44,45)46)51-32(49)47(18)17-23-16-33(2,3)8-7-27(23)20-9-21(11-24(10-20)34(38,39)40)28-6-5-19(14-29(28)37)31(48)50-4/h5-6,9-15,18,30H,7-8,16-17H2,1-4H3/t18-,30-/m0/s1. The van der Waals surface area contributed by atoms with E-state index in [2.05, 4.69) is 4.74 Å². The van der Waals surface area contributed by atoms with E-state index in [9.17, 15) is 49.1 Å². The molecule has 0 bridgehead atoms. The molecule has 51 heavy (non-hydrogen) atoms. The minimum Gasteiger partial charge on any atom is -0.465 e. The second kappa shape index (κ2) is 13.2. The van der Waals surface area contributed by atoms with Crippen LogP contribution >= 0.6 is 0 Å². The summed E-state index contributed by atoms with van der Waals surface area (Å²) in [6, 6.07) is 6.08. The number of esters is 1. The molecule has 274 valence electrons. The number of halogens is 10. The molecule has 1 saturated heterocycles. The molecule has 5 rings (SSSR count). The summed E-state index contributed by atoms with van der Waals surface area (Å²) in [5.41, 5.74) is -4.75. The van der Waals surface area contributed by atoms with Gasteiger partial charge in [-0.3, -0.25) is 4.90 Å². The van der Waals surface area contributed by atoms with E-state index in [1.807, 2.05) is 13.8 Å². The lowest BCUT2D eigenvalue weighted by Gasteiger charge is -2.35. The number of nitrogens with zero attached hydrogens (tertiary/aromatic N) is 1. The number of carbonyl (C=O) groups excluding carboxylic acids is 2. The molecular weight excluding hydrogens is 700 g/mol. The first-order valence-electron chi connectivity index (χ1n) is 15.6. The summed E-state index contributed by atoms with van der Waals surface area (Å²) < 4.78 is 149. The Balaban J connectivity index is 1.58. The average molecular weight is 732 g/mol. The van der Waals surface area contributed by atoms with Crippen molar-refractivity contribution < 1.29 is 63.0 Å². The van der Waals surface area contributed by atoms with Gasteiger partial charge in [-0.1, -0.05) is 19.9 Å². The van der Waals surface area contributed by atoms with Crippen LogP contribution in [-0.2, 0) is 28.0 Å². The fourth-order valence-electron chi connectivity index (χ4n) is 6.54. The molecule has 0 unspecified atom stereocenters. The second-order valence-electron chi connectivity index (χ2n) is 13.4. The topological polar surface area (TPSA) is 55.8 Å². The molecular formula is C36H31F10NO4. The summed E-state index contributed by atoms with van der Waals surface area (Å²) in [6.07, 6.45) is -16.7. The molecule has 15 heteroatoms. The lowest BCUT2D eigenvalue weighted by atomic mass is 9.72. The summed E-state index contributed by atoms with van der Waals surface area (Å²) in [7, 11) is 1.09. The molecule has 1 aliphatic heterocycles. The maximum absolute atomic E-state index is 15.2. The van der Waals surface area contributed by atoms with Crippen LogP contribution in [0.15, 0.2) is 60.2 Å². The lowest BCUT2D eigenvalue weighted by Crippen LogP contribution is -2.35. The quantitative estimate of drug-likeness (QED) is 0.187. The van der Waals surface area contributed by atoms with Crippen molar-refractivity contribution in [1.82, 2.24) is 4.90 Å². The molecule has 0 spiro atoms. The van der Waals surface area contributed by atoms with E-state index in [0.717, 1.165) is 36.3 Å². The molecule has 5 nitrogen and oxygen atoms in total. The van der Waals surface area contributed by atoms with Crippen LogP contribution in [0.3, 0.4) is 0 Å². The van der Waals surface area contributed by atoms with Crippen LogP contribution in [0.4, 0.5) is 48.7 Å². The number of allylic oxidation sites excluding steroid dienone is 1. The van der Waals surface area contributed by atoms with Crippen LogP contribution in [0, 0.1) is 11.2 Å². The maximum Gasteiger partial charge on any atom is 0.416 e. The Morgan fingerprint density at radius 1 is 0.863 bits per heavy atom. The number of cyclic esters (lactones) is 1. The summed E-state index contributed by atoms with van der Waals surface area (Å²) >= 11 is 0. The molecule has 0 saturated carbocycles. The highest BCUT2D eigenvalue weighted by Gasteiger charge is 2.44. The van der Waals surface area contributed by atoms with Crippen molar-refractivity contribution in [2.45, 2.75) is 70.7 Å². The van der Waals surface area contributed by atoms with E-state index >= 15 is 4.39 Å². The first kappa shape index (κ1) is 37.7. The van der Waals surface area contributed by atoms with Crippen molar-refractivity contribution in [2.75, 3.05) is 13.7 Å². The molecule has 0 radical (unpaired) electrons. The van der Waals surface area contributed by atoms with Gasteiger partial charge < -0.3 is 9.47 Å². The zero-order chi connectivity index (χ0) is 37.8. The van der Waals surface area contributed by atoms with Crippen LogP contribution in [0.2, 0.25) is 0 Å². The Morgan fingerprint density at radius 2 is 1.43 bits per heavy atom. The van der Waals surface area contributed by atoms with Gasteiger partial charge in [-0.2, -0.15) is 39.5 Å². The first-order chi connectivity index (χ1) is 23.5. The smallest absolute Gasteiger partial charge is 0.416 e. The minimum absolute atomic E-state index is 0.0351. The SMILES string of the molecule is COC(=O)c1ccc(-c2cc(C3=C(CN4C(=O)O[C@H](c5cc(C(F)(F)F)cc(C(F)(F)F)c5)[C@@H]4C)CC(C)(C)CC3)cc(C(F)(F)F)c2)c(F)c1. The predicted molar refractivity (Wildman–Crippen MR) is 165 cm³/mol. The highest BCUT2D eigenvalue weighted by molar-refractivity contribution is 5.90. The van der Waals surface area contributed by atoms with E-state index in [-0.39, 0.29) is 47.7 Å². The van der Waals surface area contributed by atoms with Crippen molar-refractivity contribution in [2.24, 2.45) is 5.41 Å². The molecule has 3 aromatic rings. The van der Waals surface area contributed by atoms with Gasteiger partial charge in [0.2, 0.25) is 0 Å². The number of ether oxygens (including phenoxy) is 2. The highest BCUT2D eigenvalue weighted by atomic mass is 19.4. The Kier molecular flexibility index (Phi) is 9.76. The van der Waals surface area contributed by atoms with E-state index in [0.29, 0.717) is 29.7 Å². The van der Waals surface area contributed by atoms with Gasteiger partial charge in [0.05, 0.1) is 35.4 Å². The number of amides is 1. The summed E-state index contributed by atoms with van der Waals surface area (Å²) in [5, 5.41) is 0. The Bertz CT molecular complexity index is 1860. The zero-order valence-corrected chi connectivity index (χ0v) is 27.5. The average Bonchev–Trinajstić information content (AvgIpc) is 3.30. The monoisotopic (exact) mass is 731 g/mol. The third-order valence-electron chi connectivity index (χ3n) is 9.17. The van der Waals surface area contributed by atoms with E-state index in [4.69, 9.17) is 4.74 Å². The van der Waals surface area contributed by atoms with Crippen molar-refractivity contribution >= 4 is 17.6 Å². The van der Waals surface area contributed by atoms with Gasteiger partial charge in [-0.25, -0.2) is 14.0 Å². The van der Waals surface area contributed by atoms with Crippen molar-refractivity contribution in [3.63, 3.8) is 0 Å². The van der Waals surface area contributed by atoms with Crippen LogP contribution in [-0.4, -0.2) is 36.7 Å². The van der Waals surface area contributed by atoms with Gasteiger partial charge in [-0.05, 0) is 108 Å². The second-order valence-corrected chi connectivity index (χ2v) is 13.4. The van der Waals surface area contributed by atoms with E-state index in [1.54, 1.807) is 0 Å². The van der Waals surface area contributed by atoms with Crippen molar-refractivity contribution in [3.8, 4) is 11.1 Å². The van der Waals surface area contributed by atoms with E-state index < -0.39 is 76.2 Å². The van der Waals surface area contributed by atoms with Gasteiger partial charge in [0.1, 0.15) is 11.9 Å². The number of benzene rings is 3. The summed E-state index contributed by atoms with van der Waals surface area (Å²) in [5.74, 6) is -1.83. The van der Waals surface area contributed by atoms with Gasteiger partial charge in [-0.15, -0.1) is 0 Å². The van der Waals surface area contributed by atoms with Crippen LogP contribution in [0.5, 0.6) is 0 Å². The van der Waals surface area contributed by atoms with Gasteiger partial charge in [0.25, 0.3) is 0 Å². The predicted octanol–water partition coefficient (Wildman–Crippen LogP) is 10.9. The fourth-order valence-corrected chi connectivity index (χ4v) is 6.54. The zero-order valence-electron chi connectivity index (χ0n) is 27.5. The highest BCUT2D eigenvalue weighted by Crippen LogP contribution is 2.47. The summed E-state index contributed by atoms with van der Waals surface area (Å²) in [6.45, 7) is 4.93. The van der Waals surface area contributed by atoms with Gasteiger partial charge >= 0.3 is 30.6 Å². The Hall–Kier alpha value is -4.56. The van der Waals surface area contributed by atoms with Crippen LogP contribution < -0.4 is 0 Å². The minimum atomic E-state index is -5.13.